The van der Waals surface area contributed by atoms with Crippen molar-refractivity contribution >= 4 is 62.0 Å². The zero-order chi connectivity index (χ0) is 33.6. The number of hydrogen-bond acceptors (Lipinski definition) is 9. The van der Waals surface area contributed by atoms with Gasteiger partial charge in [0.2, 0.25) is 17.7 Å². The van der Waals surface area contributed by atoms with E-state index in [4.69, 9.17) is 9.72 Å². The standard InChI is InChI=1S/C35H40N6O5S2/c1-4-23-17-35(23,33(44)40-48(45)26-11-12-26)39-30(42)28-16-25-18-41(28)32(43)29(20(2)3)38-34-37-24(19-47-34)8-6-5-7-21-9-10-22-13-14-36-31(46-25)27(22)15-21/h4-5,7,9-10,13-15,19-20,23,25-26,28-29H,1,6,8,11-12,16-18H2,2-3H3,(H,37,38)(H,39,42)(H,40,44)/b7-5-/t23-,25-,28+,29+,35-,48?/m1/s1. The molecule has 1 saturated heterocycles. The molecule has 2 saturated carbocycles. The SMILES string of the molecule is C=C[C@@H]1C[C@]1(NC(=O)[C@@H]1C[C@@H]2CN1C(=O)[C@H](C(C)C)Nc1nc(cs1)CC/C=C\c1ccc3ccnc(c3c1)O2)C(=O)NS(=O)C1CC1. The van der Waals surface area contributed by atoms with Gasteiger partial charge in [-0.3, -0.25) is 19.1 Å². The molecular formula is C35H40N6O5S2. The van der Waals surface area contributed by atoms with Crippen LogP contribution in [0.3, 0.4) is 0 Å². The number of rotatable bonds is 7. The van der Waals surface area contributed by atoms with Crippen LogP contribution in [0.15, 0.2) is 54.6 Å². The van der Waals surface area contributed by atoms with Crippen LogP contribution in [-0.2, 0) is 31.8 Å². The van der Waals surface area contributed by atoms with E-state index in [2.05, 4.69) is 45.1 Å². The number of aromatic nitrogens is 2. The van der Waals surface area contributed by atoms with Crippen molar-refractivity contribution in [2.24, 2.45) is 11.8 Å². The average Bonchev–Trinajstić information content (AvgIpc) is 3.96. The number of hydrogen-bond donors (Lipinski definition) is 3. The summed E-state index contributed by atoms with van der Waals surface area (Å²) in [6.07, 6.45) is 10.7. The van der Waals surface area contributed by atoms with E-state index in [9.17, 15) is 18.6 Å². The average molecular weight is 689 g/mol. The highest BCUT2D eigenvalue weighted by Crippen LogP contribution is 2.45. The molecule has 4 aliphatic rings. The molecule has 6 atom stereocenters. The first-order valence-electron chi connectivity index (χ1n) is 16.5. The van der Waals surface area contributed by atoms with Crippen LogP contribution in [0.5, 0.6) is 5.88 Å². The van der Waals surface area contributed by atoms with Gasteiger partial charge in [-0.25, -0.2) is 14.2 Å². The molecule has 3 aromatic rings. The predicted molar refractivity (Wildman–Crippen MR) is 186 cm³/mol. The fourth-order valence-corrected chi connectivity index (χ4v) is 8.42. The van der Waals surface area contributed by atoms with Gasteiger partial charge < -0.3 is 20.3 Å². The Balaban J connectivity index is 1.22. The predicted octanol–water partition coefficient (Wildman–Crippen LogP) is 4.14. The van der Waals surface area contributed by atoms with E-state index < -0.39 is 46.5 Å². The lowest BCUT2D eigenvalue weighted by Gasteiger charge is -2.31. The van der Waals surface area contributed by atoms with Crippen molar-refractivity contribution < 1.29 is 23.3 Å². The molecule has 7 rings (SSSR count). The molecule has 48 heavy (non-hydrogen) atoms. The minimum atomic E-state index is -1.51. The van der Waals surface area contributed by atoms with Crippen molar-refractivity contribution in [1.82, 2.24) is 24.9 Å². The summed E-state index contributed by atoms with van der Waals surface area (Å²) < 4.78 is 21.7. The highest BCUT2D eigenvalue weighted by molar-refractivity contribution is 7.84. The molecule has 11 nitrogen and oxygen atoms in total. The van der Waals surface area contributed by atoms with Gasteiger partial charge in [-0.15, -0.1) is 17.9 Å². The summed E-state index contributed by atoms with van der Waals surface area (Å²) >= 11 is 1.45. The smallest absolute Gasteiger partial charge is 0.258 e. The summed E-state index contributed by atoms with van der Waals surface area (Å²) in [7, 11) is -1.51. The monoisotopic (exact) mass is 688 g/mol. The number of benzene rings is 1. The minimum Gasteiger partial charge on any atom is -0.472 e. The third-order valence-corrected chi connectivity index (χ3v) is 11.9. The second-order valence-corrected chi connectivity index (χ2v) is 15.8. The number of allylic oxidation sites excluding steroid dienone is 1. The van der Waals surface area contributed by atoms with Gasteiger partial charge in [-0.1, -0.05) is 44.2 Å². The lowest BCUT2D eigenvalue weighted by atomic mass is 10.0. The summed E-state index contributed by atoms with van der Waals surface area (Å²) in [5.74, 6) is -1.21. The molecule has 1 aromatic carbocycles. The van der Waals surface area contributed by atoms with E-state index in [1.54, 1.807) is 17.2 Å². The molecule has 3 amide bonds. The van der Waals surface area contributed by atoms with Crippen LogP contribution >= 0.6 is 11.3 Å². The summed E-state index contributed by atoms with van der Waals surface area (Å²) in [5.41, 5.74) is 0.680. The third kappa shape index (κ3) is 6.49. The van der Waals surface area contributed by atoms with Crippen LogP contribution in [0.1, 0.15) is 57.2 Å². The number of anilines is 1. The van der Waals surface area contributed by atoms with Crippen molar-refractivity contribution in [2.45, 2.75) is 81.3 Å². The molecule has 6 bridgehead atoms. The van der Waals surface area contributed by atoms with Crippen molar-refractivity contribution in [3.05, 3.63) is 65.8 Å². The van der Waals surface area contributed by atoms with Gasteiger partial charge in [-0.05, 0) is 61.1 Å². The third-order valence-electron chi connectivity index (χ3n) is 9.59. The number of nitrogens with zero attached hydrogens (tertiary/aromatic N) is 3. The summed E-state index contributed by atoms with van der Waals surface area (Å²) in [6, 6.07) is 6.46. The number of pyridine rings is 1. The summed E-state index contributed by atoms with van der Waals surface area (Å²) in [6.45, 7) is 7.91. The molecule has 4 heterocycles. The van der Waals surface area contributed by atoms with Gasteiger partial charge in [0.05, 0.1) is 17.5 Å². The van der Waals surface area contributed by atoms with E-state index in [1.165, 1.54) is 11.3 Å². The number of thiazole rings is 1. The number of amides is 3. The van der Waals surface area contributed by atoms with E-state index in [1.807, 2.05) is 37.4 Å². The Bertz CT molecular complexity index is 1820. The van der Waals surface area contributed by atoms with E-state index in [0.717, 1.165) is 47.7 Å². The maximum Gasteiger partial charge on any atom is 0.258 e. The molecule has 3 fully saturated rings. The number of aryl methyl sites for hydroxylation is 1. The number of carbonyl (C=O) groups excluding carboxylic acids is 3. The molecule has 2 aromatic heterocycles. The van der Waals surface area contributed by atoms with Gasteiger partial charge in [0.25, 0.3) is 5.91 Å². The Kier molecular flexibility index (Phi) is 8.84. The second-order valence-electron chi connectivity index (χ2n) is 13.5. The Morgan fingerprint density at radius 3 is 2.85 bits per heavy atom. The van der Waals surface area contributed by atoms with E-state index in [-0.39, 0.29) is 36.0 Å². The summed E-state index contributed by atoms with van der Waals surface area (Å²) in [4.78, 5) is 52.9. The first kappa shape index (κ1) is 32.4. The fourth-order valence-electron chi connectivity index (χ4n) is 6.54. The van der Waals surface area contributed by atoms with Gasteiger partial charge in [0.1, 0.15) is 34.7 Å². The maximum absolute atomic E-state index is 14.4. The van der Waals surface area contributed by atoms with Crippen LogP contribution in [-0.4, -0.2) is 72.3 Å². The van der Waals surface area contributed by atoms with E-state index in [0.29, 0.717) is 17.4 Å². The molecule has 3 N–H and O–H groups in total. The number of nitrogens with one attached hydrogen (secondary N) is 3. The zero-order valence-electron chi connectivity index (χ0n) is 27.0. The van der Waals surface area contributed by atoms with Crippen molar-refractivity contribution in [1.29, 1.82) is 0 Å². The van der Waals surface area contributed by atoms with Gasteiger partial charge in [0.15, 0.2) is 5.13 Å². The minimum absolute atomic E-state index is 0.0500. The maximum atomic E-state index is 14.4. The van der Waals surface area contributed by atoms with Crippen molar-refractivity contribution in [3.8, 4) is 5.88 Å². The second kappa shape index (κ2) is 13.1. The Hall–Kier alpha value is -4.10. The van der Waals surface area contributed by atoms with Crippen LogP contribution in [0.2, 0.25) is 0 Å². The lowest BCUT2D eigenvalue weighted by molar-refractivity contribution is -0.140. The molecular weight excluding hydrogens is 649 g/mol. The number of ether oxygens (including phenoxy) is 1. The molecule has 0 radical (unpaired) electrons. The zero-order valence-corrected chi connectivity index (χ0v) is 28.6. The first-order valence-corrected chi connectivity index (χ1v) is 18.6. The van der Waals surface area contributed by atoms with Crippen LogP contribution in [0.4, 0.5) is 5.13 Å². The summed E-state index contributed by atoms with van der Waals surface area (Å²) in [5, 5.41) is 10.7. The molecule has 252 valence electrons. The van der Waals surface area contributed by atoms with Gasteiger partial charge in [-0.2, -0.15) is 0 Å². The highest BCUT2D eigenvalue weighted by Gasteiger charge is 2.61. The van der Waals surface area contributed by atoms with E-state index >= 15 is 0 Å². The van der Waals surface area contributed by atoms with Crippen LogP contribution < -0.4 is 20.1 Å². The van der Waals surface area contributed by atoms with Gasteiger partial charge in [0, 0.05) is 29.3 Å². The van der Waals surface area contributed by atoms with Crippen molar-refractivity contribution in [3.63, 3.8) is 0 Å². The molecule has 2 aliphatic heterocycles. The van der Waals surface area contributed by atoms with Crippen LogP contribution in [0.25, 0.3) is 16.8 Å². The van der Waals surface area contributed by atoms with Crippen LogP contribution in [0, 0.1) is 11.8 Å². The first-order chi connectivity index (χ1) is 23.1. The molecule has 1 unspecified atom stereocenters. The molecule has 0 spiro atoms. The van der Waals surface area contributed by atoms with Gasteiger partial charge >= 0.3 is 0 Å². The Morgan fingerprint density at radius 2 is 2.10 bits per heavy atom. The number of carbonyl (C=O) groups is 3. The van der Waals surface area contributed by atoms with Crippen molar-refractivity contribution in [2.75, 3.05) is 11.9 Å². The normalized spacial score (nSPS) is 28.1. The quantitative estimate of drug-likeness (QED) is 0.315. The Morgan fingerprint density at radius 1 is 1.27 bits per heavy atom. The molecule has 2 aliphatic carbocycles. The number of fused-ring (bicyclic) bond motifs is 5. The highest BCUT2D eigenvalue weighted by atomic mass is 32.2. The topological polar surface area (TPSA) is 143 Å². The Labute approximate surface area is 286 Å². The lowest BCUT2D eigenvalue weighted by Crippen LogP contribution is -2.57. The largest absolute Gasteiger partial charge is 0.472 e. The molecule has 13 heteroatoms. The fraction of sp³-hybridized carbons (Fsp3) is 0.457.